The zero-order chi connectivity index (χ0) is 10.6. The van der Waals surface area contributed by atoms with Crippen LogP contribution in [0.2, 0.25) is 0 Å². The Morgan fingerprint density at radius 3 is 2.71 bits per heavy atom. The standard InChI is InChI=1S/C12H26N2/c1-4-5-12-6-7-14(9-12)11(3)10(2)8-13/h10-12H,4-9,13H2,1-3H3. The van der Waals surface area contributed by atoms with E-state index in [4.69, 9.17) is 5.73 Å². The Morgan fingerprint density at radius 2 is 2.14 bits per heavy atom. The average Bonchev–Trinajstić information content (AvgIpc) is 2.64. The van der Waals surface area contributed by atoms with Gasteiger partial charge in [-0.15, -0.1) is 0 Å². The van der Waals surface area contributed by atoms with Gasteiger partial charge in [0, 0.05) is 12.6 Å². The van der Waals surface area contributed by atoms with E-state index >= 15 is 0 Å². The van der Waals surface area contributed by atoms with Crippen LogP contribution in [0.25, 0.3) is 0 Å². The molecule has 2 nitrogen and oxygen atoms in total. The summed E-state index contributed by atoms with van der Waals surface area (Å²) in [7, 11) is 0. The van der Waals surface area contributed by atoms with Crippen molar-refractivity contribution in [2.24, 2.45) is 17.6 Å². The van der Waals surface area contributed by atoms with Gasteiger partial charge in [-0.3, -0.25) is 0 Å². The molecule has 3 atom stereocenters. The monoisotopic (exact) mass is 198 g/mol. The Hall–Kier alpha value is -0.0800. The highest BCUT2D eigenvalue weighted by atomic mass is 15.2. The summed E-state index contributed by atoms with van der Waals surface area (Å²) in [5.74, 6) is 1.59. The summed E-state index contributed by atoms with van der Waals surface area (Å²) >= 11 is 0. The molecule has 0 radical (unpaired) electrons. The number of hydrogen-bond acceptors (Lipinski definition) is 2. The van der Waals surface area contributed by atoms with Gasteiger partial charge < -0.3 is 10.6 Å². The Balaban J connectivity index is 2.33. The molecule has 0 saturated carbocycles. The summed E-state index contributed by atoms with van der Waals surface area (Å²) < 4.78 is 0. The number of likely N-dealkylation sites (tertiary alicyclic amines) is 1. The fourth-order valence-electron chi connectivity index (χ4n) is 2.43. The lowest BCUT2D eigenvalue weighted by Gasteiger charge is -2.29. The largest absolute Gasteiger partial charge is 0.330 e. The first-order valence-electron chi connectivity index (χ1n) is 6.13. The summed E-state index contributed by atoms with van der Waals surface area (Å²) in [6.45, 7) is 10.3. The molecule has 2 heteroatoms. The molecular weight excluding hydrogens is 172 g/mol. The van der Waals surface area contributed by atoms with E-state index in [-0.39, 0.29) is 0 Å². The van der Waals surface area contributed by atoms with Gasteiger partial charge in [-0.25, -0.2) is 0 Å². The Morgan fingerprint density at radius 1 is 1.43 bits per heavy atom. The zero-order valence-corrected chi connectivity index (χ0v) is 10.00. The highest BCUT2D eigenvalue weighted by Crippen LogP contribution is 2.24. The molecule has 3 unspecified atom stereocenters. The fourth-order valence-corrected chi connectivity index (χ4v) is 2.43. The molecule has 1 fully saturated rings. The number of hydrogen-bond donors (Lipinski definition) is 1. The molecule has 0 spiro atoms. The van der Waals surface area contributed by atoms with Crippen LogP contribution >= 0.6 is 0 Å². The first-order chi connectivity index (χ1) is 6.69. The summed E-state index contributed by atoms with van der Waals surface area (Å²) in [6, 6.07) is 0.668. The number of nitrogens with zero attached hydrogens (tertiary/aromatic N) is 1. The van der Waals surface area contributed by atoms with Crippen LogP contribution in [0, 0.1) is 11.8 Å². The van der Waals surface area contributed by atoms with Gasteiger partial charge >= 0.3 is 0 Å². The van der Waals surface area contributed by atoms with Crippen LogP contribution in [0.3, 0.4) is 0 Å². The predicted molar refractivity (Wildman–Crippen MR) is 62.3 cm³/mol. The summed E-state index contributed by atoms with van der Waals surface area (Å²) in [6.07, 6.45) is 4.13. The molecule has 84 valence electrons. The maximum absolute atomic E-state index is 5.71. The number of rotatable bonds is 5. The van der Waals surface area contributed by atoms with Crippen molar-refractivity contribution < 1.29 is 0 Å². The van der Waals surface area contributed by atoms with Crippen LogP contribution in [-0.2, 0) is 0 Å². The van der Waals surface area contributed by atoms with Crippen LogP contribution < -0.4 is 5.73 Å². The summed E-state index contributed by atoms with van der Waals surface area (Å²) in [5, 5.41) is 0. The minimum atomic E-state index is 0.635. The molecule has 0 aromatic heterocycles. The van der Waals surface area contributed by atoms with Crippen molar-refractivity contribution in [3.05, 3.63) is 0 Å². The summed E-state index contributed by atoms with van der Waals surface area (Å²) in [4.78, 5) is 2.62. The molecule has 1 aliphatic heterocycles. The quantitative estimate of drug-likeness (QED) is 0.733. The molecule has 2 N–H and O–H groups in total. The maximum Gasteiger partial charge on any atom is 0.0105 e. The van der Waals surface area contributed by atoms with Crippen molar-refractivity contribution in [3.63, 3.8) is 0 Å². The summed E-state index contributed by atoms with van der Waals surface area (Å²) in [5.41, 5.74) is 5.71. The van der Waals surface area contributed by atoms with Crippen molar-refractivity contribution in [2.75, 3.05) is 19.6 Å². The van der Waals surface area contributed by atoms with Gasteiger partial charge in [0.1, 0.15) is 0 Å². The third-order valence-corrected chi connectivity index (χ3v) is 3.79. The van der Waals surface area contributed by atoms with Gasteiger partial charge in [0.25, 0.3) is 0 Å². The van der Waals surface area contributed by atoms with Gasteiger partial charge in [-0.05, 0) is 44.7 Å². The van der Waals surface area contributed by atoms with E-state index in [9.17, 15) is 0 Å². The van der Waals surface area contributed by atoms with Crippen LogP contribution in [0.5, 0.6) is 0 Å². The average molecular weight is 198 g/mol. The molecule has 0 bridgehead atoms. The molecule has 1 rings (SSSR count). The van der Waals surface area contributed by atoms with E-state index in [0.717, 1.165) is 12.5 Å². The molecule has 0 amide bonds. The van der Waals surface area contributed by atoms with Gasteiger partial charge in [0.05, 0.1) is 0 Å². The third-order valence-electron chi connectivity index (χ3n) is 3.79. The predicted octanol–water partition coefficient (Wildman–Crippen LogP) is 2.09. The highest BCUT2D eigenvalue weighted by Gasteiger charge is 2.27. The maximum atomic E-state index is 5.71. The normalized spacial score (nSPS) is 27.9. The third kappa shape index (κ3) is 2.96. The first-order valence-corrected chi connectivity index (χ1v) is 6.13. The molecule has 1 aliphatic rings. The van der Waals surface area contributed by atoms with Crippen molar-refractivity contribution in [1.82, 2.24) is 4.90 Å². The van der Waals surface area contributed by atoms with Crippen LogP contribution in [0.1, 0.15) is 40.0 Å². The molecule has 1 saturated heterocycles. The lowest BCUT2D eigenvalue weighted by Crippen LogP contribution is -2.38. The second-order valence-corrected chi connectivity index (χ2v) is 4.89. The Labute approximate surface area is 88.8 Å². The molecule has 14 heavy (non-hydrogen) atoms. The molecule has 0 aromatic rings. The molecule has 1 heterocycles. The van der Waals surface area contributed by atoms with Crippen LogP contribution in [0.15, 0.2) is 0 Å². The van der Waals surface area contributed by atoms with Crippen LogP contribution in [-0.4, -0.2) is 30.6 Å². The molecular formula is C12H26N2. The molecule has 0 aliphatic carbocycles. The van der Waals surface area contributed by atoms with E-state index in [2.05, 4.69) is 25.7 Å². The Bertz CT molecular complexity index is 158. The van der Waals surface area contributed by atoms with Crippen molar-refractivity contribution in [2.45, 2.75) is 46.1 Å². The van der Waals surface area contributed by atoms with Crippen molar-refractivity contribution >= 4 is 0 Å². The van der Waals surface area contributed by atoms with Gasteiger partial charge in [-0.1, -0.05) is 20.3 Å². The van der Waals surface area contributed by atoms with E-state index in [0.29, 0.717) is 12.0 Å². The highest BCUT2D eigenvalue weighted by molar-refractivity contribution is 4.81. The minimum Gasteiger partial charge on any atom is -0.330 e. The van der Waals surface area contributed by atoms with Crippen molar-refractivity contribution in [3.8, 4) is 0 Å². The smallest absolute Gasteiger partial charge is 0.0105 e. The van der Waals surface area contributed by atoms with E-state index < -0.39 is 0 Å². The first kappa shape index (κ1) is 12.0. The Kier molecular flexibility index (Phi) is 4.90. The SMILES string of the molecule is CCCC1CCN(C(C)C(C)CN)C1. The topological polar surface area (TPSA) is 29.3 Å². The van der Waals surface area contributed by atoms with Gasteiger partial charge in [0.15, 0.2) is 0 Å². The van der Waals surface area contributed by atoms with E-state index in [1.165, 1.54) is 32.4 Å². The van der Waals surface area contributed by atoms with E-state index in [1.807, 2.05) is 0 Å². The van der Waals surface area contributed by atoms with E-state index in [1.54, 1.807) is 0 Å². The minimum absolute atomic E-state index is 0.635. The lowest BCUT2D eigenvalue weighted by atomic mass is 10.0. The fraction of sp³-hybridized carbons (Fsp3) is 1.00. The number of nitrogens with two attached hydrogens (primary N) is 1. The second kappa shape index (κ2) is 5.72. The lowest BCUT2D eigenvalue weighted by molar-refractivity contribution is 0.194. The van der Waals surface area contributed by atoms with Crippen molar-refractivity contribution in [1.29, 1.82) is 0 Å². The van der Waals surface area contributed by atoms with Gasteiger partial charge in [-0.2, -0.15) is 0 Å². The zero-order valence-electron chi connectivity index (χ0n) is 10.00. The molecule has 0 aromatic carbocycles. The van der Waals surface area contributed by atoms with Crippen LogP contribution in [0.4, 0.5) is 0 Å². The second-order valence-electron chi connectivity index (χ2n) is 4.89. The van der Waals surface area contributed by atoms with Gasteiger partial charge in [0.2, 0.25) is 0 Å².